The zero-order valence-electron chi connectivity index (χ0n) is 14.5. The van der Waals surface area contributed by atoms with Gasteiger partial charge in [0.05, 0.1) is 10.6 Å². The third-order valence-corrected chi connectivity index (χ3v) is 7.15. The highest BCUT2D eigenvalue weighted by Gasteiger charge is 2.16. The quantitative estimate of drug-likeness (QED) is 0.650. The number of hydrogen-bond donors (Lipinski definition) is 1. The second kappa shape index (κ2) is 7.88. The fraction of sp³-hybridized carbons (Fsp3) is 0.211. The van der Waals surface area contributed by atoms with Crippen LogP contribution < -0.4 is 4.72 Å². The Hall–Kier alpha value is -1.73. The summed E-state index contributed by atoms with van der Waals surface area (Å²) < 4.78 is 27.6. The normalized spacial score (nSPS) is 11.7. The van der Waals surface area contributed by atoms with Crippen LogP contribution in [-0.2, 0) is 16.4 Å². The van der Waals surface area contributed by atoms with Gasteiger partial charge in [0.25, 0.3) is 0 Å². The third-order valence-electron chi connectivity index (χ3n) is 4.01. The van der Waals surface area contributed by atoms with E-state index in [4.69, 9.17) is 11.6 Å². The lowest BCUT2D eigenvalue weighted by Crippen LogP contribution is -2.26. The summed E-state index contributed by atoms with van der Waals surface area (Å²) >= 11 is 7.51. The van der Waals surface area contributed by atoms with Crippen LogP contribution in [0.25, 0.3) is 10.6 Å². The molecule has 0 radical (unpaired) electrons. The lowest BCUT2D eigenvalue weighted by molar-refractivity contribution is 0.581. The highest BCUT2D eigenvalue weighted by atomic mass is 35.5. The molecule has 3 aromatic rings. The number of nitrogens with zero attached hydrogens (tertiary/aromatic N) is 1. The maximum absolute atomic E-state index is 12.5. The summed E-state index contributed by atoms with van der Waals surface area (Å²) in [5, 5.41) is 1.60. The first kappa shape index (κ1) is 19.0. The van der Waals surface area contributed by atoms with Gasteiger partial charge < -0.3 is 0 Å². The molecule has 0 unspecified atom stereocenters. The number of sulfonamides is 1. The van der Waals surface area contributed by atoms with E-state index in [9.17, 15) is 8.42 Å². The molecule has 136 valence electrons. The molecule has 0 saturated heterocycles. The molecule has 4 nitrogen and oxygen atoms in total. The first-order valence-electron chi connectivity index (χ1n) is 8.14. The van der Waals surface area contributed by atoms with Gasteiger partial charge in [0.15, 0.2) is 0 Å². The average Bonchev–Trinajstić information content (AvgIpc) is 2.96. The van der Waals surface area contributed by atoms with Gasteiger partial charge >= 0.3 is 0 Å². The van der Waals surface area contributed by atoms with Crippen LogP contribution in [0.15, 0.2) is 53.4 Å². The number of halogens is 1. The molecule has 0 spiro atoms. The van der Waals surface area contributed by atoms with E-state index in [1.165, 1.54) is 0 Å². The zero-order chi connectivity index (χ0) is 18.7. The van der Waals surface area contributed by atoms with Crippen molar-refractivity contribution >= 4 is 33.0 Å². The Morgan fingerprint density at radius 3 is 2.46 bits per heavy atom. The third kappa shape index (κ3) is 4.32. The van der Waals surface area contributed by atoms with E-state index in [0.717, 1.165) is 26.7 Å². The van der Waals surface area contributed by atoms with E-state index in [2.05, 4.69) is 9.71 Å². The number of thiazole rings is 1. The van der Waals surface area contributed by atoms with Crippen molar-refractivity contribution in [2.24, 2.45) is 0 Å². The van der Waals surface area contributed by atoms with Crippen LogP contribution in [0.3, 0.4) is 0 Å². The average molecular weight is 407 g/mol. The minimum atomic E-state index is -3.50. The van der Waals surface area contributed by atoms with Crippen molar-refractivity contribution in [3.8, 4) is 10.6 Å². The highest BCUT2D eigenvalue weighted by molar-refractivity contribution is 7.89. The van der Waals surface area contributed by atoms with Gasteiger partial charge in [0.2, 0.25) is 10.0 Å². The monoisotopic (exact) mass is 406 g/mol. The topological polar surface area (TPSA) is 59.1 Å². The van der Waals surface area contributed by atoms with Gasteiger partial charge in [-0.05, 0) is 44.0 Å². The molecule has 3 rings (SSSR count). The largest absolute Gasteiger partial charge is 0.241 e. The summed E-state index contributed by atoms with van der Waals surface area (Å²) in [6.07, 6.45) is 0.599. The van der Waals surface area contributed by atoms with Crippen LogP contribution in [0.1, 0.15) is 16.1 Å². The standard InChI is InChI=1S/C19H19ClN2O2S2/c1-13-5-3-4-6-18(13)26(23,24)21-12-11-17-14(2)22-19(25-17)15-7-9-16(20)10-8-15/h3-10,21H,11-12H2,1-2H3. The molecular formula is C19H19ClN2O2S2. The highest BCUT2D eigenvalue weighted by Crippen LogP contribution is 2.29. The second-order valence-corrected chi connectivity index (χ2v) is 9.20. The molecule has 0 saturated carbocycles. The maximum atomic E-state index is 12.5. The van der Waals surface area contributed by atoms with Crippen molar-refractivity contribution < 1.29 is 8.42 Å². The molecular weight excluding hydrogens is 388 g/mol. The van der Waals surface area contributed by atoms with Gasteiger partial charge in [-0.25, -0.2) is 18.1 Å². The maximum Gasteiger partial charge on any atom is 0.240 e. The van der Waals surface area contributed by atoms with Crippen molar-refractivity contribution in [3.05, 3.63) is 69.7 Å². The Balaban J connectivity index is 1.69. The van der Waals surface area contributed by atoms with E-state index in [0.29, 0.717) is 22.9 Å². The van der Waals surface area contributed by atoms with Crippen LogP contribution in [0, 0.1) is 13.8 Å². The van der Waals surface area contributed by atoms with E-state index in [-0.39, 0.29) is 0 Å². The Morgan fingerprint density at radius 1 is 1.08 bits per heavy atom. The van der Waals surface area contributed by atoms with Gasteiger partial charge in [-0.2, -0.15) is 0 Å². The first-order chi connectivity index (χ1) is 12.4. The predicted molar refractivity (Wildman–Crippen MR) is 107 cm³/mol. The van der Waals surface area contributed by atoms with E-state index in [1.54, 1.807) is 36.5 Å². The molecule has 0 aliphatic carbocycles. The SMILES string of the molecule is Cc1ccccc1S(=O)(=O)NCCc1sc(-c2ccc(Cl)cc2)nc1C. The molecule has 2 aromatic carbocycles. The molecule has 0 aliphatic heterocycles. The number of hydrogen-bond acceptors (Lipinski definition) is 4. The van der Waals surface area contributed by atoms with Crippen molar-refractivity contribution in [2.45, 2.75) is 25.2 Å². The fourth-order valence-electron chi connectivity index (χ4n) is 2.61. The smallest absolute Gasteiger partial charge is 0.240 e. The lowest BCUT2D eigenvalue weighted by Gasteiger charge is -2.08. The summed E-state index contributed by atoms with van der Waals surface area (Å²) in [7, 11) is -3.50. The van der Waals surface area contributed by atoms with Crippen molar-refractivity contribution in [1.82, 2.24) is 9.71 Å². The van der Waals surface area contributed by atoms with Gasteiger partial charge in [-0.15, -0.1) is 11.3 Å². The van der Waals surface area contributed by atoms with Gasteiger partial charge in [-0.3, -0.25) is 0 Å². The molecule has 26 heavy (non-hydrogen) atoms. The molecule has 1 N–H and O–H groups in total. The van der Waals surface area contributed by atoms with Crippen LogP contribution >= 0.6 is 22.9 Å². The summed E-state index contributed by atoms with van der Waals surface area (Å²) in [6.45, 7) is 4.07. The number of nitrogens with one attached hydrogen (secondary N) is 1. The molecule has 0 fully saturated rings. The minimum Gasteiger partial charge on any atom is -0.241 e. The molecule has 0 bridgehead atoms. The van der Waals surface area contributed by atoms with Crippen LogP contribution in [-0.4, -0.2) is 19.9 Å². The number of aromatic nitrogens is 1. The van der Waals surface area contributed by atoms with Crippen LogP contribution in [0.4, 0.5) is 0 Å². The van der Waals surface area contributed by atoms with Gasteiger partial charge in [-0.1, -0.05) is 41.9 Å². The molecule has 0 aliphatic rings. The first-order valence-corrected chi connectivity index (χ1v) is 10.8. The van der Waals surface area contributed by atoms with Crippen molar-refractivity contribution in [3.63, 3.8) is 0 Å². The Bertz CT molecular complexity index is 1010. The number of aryl methyl sites for hydroxylation is 2. The zero-order valence-corrected chi connectivity index (χ0v) is 16.9. The summed E-state index contributed by atoms with van der Waals surface area (Å²) in [5.74, 6) is 0. The van der Waals surface area contributed by atoms with Gasteiger partial charge in [0, 0.05) is 22.0 Å². The Labute approximate surface area is 162 Å². The molecule has 0 amide bonds. The predicted octanol–water partition coefficient (Wildman–Crippen LogP) is 4.60. The number of rotatable bonds is 6. The molecule has 1 heterocycles. The van der Waals surface area contributed by atoms with E-state index < -0.39 is 10.0 Å². The van der Waals surface area contributed by atoms with E-state index in [1.807, 2.05) is 37.3 Å². The Morgan fingerprint density at radius 2 is 1.77 bits per heavy atom. The van der Waals surface area contributed by atoms with Crippen molar-refractivity contribution in [2.75, 3.05) is 6.54 Å². The van der Waals surface area contributed by atoms with Gasteiger partial charge in [0.1, 0.15) is 5.01 Å². The van der Waals surface area contributed by atoms with Crippen molar-refractivity contribution in [1.29, 1.82) is 0 Å². The lowest BCUT2D eigenvalue weighted by atomic mass is 10.2. The molecule has 1 aromatic heterocycles. The van der Waals surface area contributed by atoms with E-state index >= 15 is 0 Å². The number of benzene rings is 2. The second-order valence-electron chi connectivity index (χ2n) is 5.95. The fourth-order valence-corrected chi connectivity index (χ4v) is 5.08. The summed E-state index contributed by atoms with van der Waals surface area (Å²) in [5.41, 5.74) is 2.67. The minimum absolute atomic E-state index is 0.322. The molecule has 0 atom stereocenters. The summed E-state index contributed by atoms with van der Waals surface area (Å²) in [4.78, 5) is 5.99. The summed E-state index contributed by atoms with van der Waals surface area (Å²) in [6, 6.07) is 14.5. The molecule has 7 heteroatoms. The van der Waals surface area contributed by atoms with Crippen LogP contribution in [0.2, 0.25) is 5.02 Å². The Kier molecular flexibility index (Phi) is 5.77. The van der Waals surface area contributed by atoms with Crippen LogP contribution in [0.5, 0.6) is 0 Å².